The first-order valence-electron chi connectivity index (χ1n) is 8.83. The van der Waals surface area contributed by atoms with Gasteiger partial charge in [0.05, 0.1) is 25.9 Å². The van der Waals surface area contributed by atoms with Crippen LogP contribution in [0.4, 0.5) is 0 Å². The van der Waals surface area contributed by atoms with Crippen molar-refractivity contribution >= 4 is 30.0 Å². The number of carbonyl (C=O) groups excluding carboxylic acids is 3. The molecule has 1 rings (SSSR count). The van der Waals surface area contributed by atoms with Crippen molar-refractivity contribution in [3.63, 3.8) is 0 Å². The van der Waals surface area contributed by atoms with Crippen molar-refractivity contribution in [2.75, 3.05) is 20.3 Å². The zero-order chi connectivity index (χ0) is 20.8. The Morgan fingerprint density at radius 1 is 0.929 bits per heavy atom. The Morgan fingerprint density at radius 3 is 2.11 bits per heavy atom. The van der Waals surface area contributed by atoms with Crippen LogP contribution in [0.1, 0.15) is 48.0 Å². The van der Waals surface area contributed by atoms with Gasteiger partial charge in [0, 0.05) is 6.08 Å². The van der Waals surface area contributed by atoms with E-state index in [2.05, 4.69) is 4.74 Å². The number of hydrogen-bond acceptors (Lipinski definition) is 7. The third-order valence-corrected chi connectivity index (χ3v) is 3.59. The standard InChI is InChI=1S/C20H24O8/c1-26-18(23)11-8-15-6-9-16(10-7-15)20(25)28-13-5-3-2-4-12-27-19(24)14-17(21)22/h6-11H,2-5,12-14H2,1H3,(H,21,22). The first-order valence-corrected chi connectivity index (χ1v) is 8.83. The number of benzene rings is 1. The summed E-state index contributed by atoms with van der Waals surface area (Å²) in [4.78, 5) is 44.3. The molecule has 152 valence electrons. The second kappa shape index (κ2) is 13.1. The number of methoxy groups -OCH3 is 1. The van der Waals surface area contributed by atoms with Crippen molar-refractivity contribution in [3.8, 4) is 0 Å². The van der Waals surface area contributed by atoms with Crippen LogP contribution in [0.2, 0.25) is 0 Å². The highest BCUT2D eigenvalue weighted by molar-refractivity contribution is 5.90. The number of carbonyl (C=O) groups is 4. The third-order valence-electron chi connectivity index (χ3n) is 3.59. The van der Waals surface area contributed by atoms with Gasteiger partial charge in [-0.05, 0) is 49.5 Å². The molecule has 0 radical (unpaired) electrons. The molecule has 28 heavy (non-hydrogen) atoms. The Hall–Kier alpha value is -3.16. The van der Waals surface area contributed by atoms with E-state index in [0.717, 1.165) is 18.4 Å². The summed E-state index contributed by atoms with van der Waals surface area (Å²) in [5.41, 5.74) is 1.17. The highest BCUT2D eigenvalue weighted by atomic mass is 16.5. The number of hydrogen-bond donors (Lipinski definition) is 1. The van der Waals surface area contributed by atoms with Gasteiger partial charge in [-0.1, -0.05) is 12.1 Å². The normalized spacial score (nSPS) is 10.5. The van der Waals surface area contributed by atoms with Crippen molar-refractivity contribution in [2.24, 2.45) is 0 Å². The Labute approximate surface area is 163 Å². The molecule has 0 heterocycles. The van der Waals surface area contributed by atoms with Gasteiger partial charge in [0.25, 0.3) is 0 Å². The molecular formula is C20H24O8. The topological polar surface area (TPSA) is 116 Å². The molecular weight excluding hydrogens is 368 g/mol. The zero-order valence-electron chi connectivity index (χ0n) is 15.7. The zero-order valence-corrected chi connectivity index (χ0v) is 15.7. The van der Waals surface area contributed by atoms with E-state index in [1.54, 1.807) is 30.3 Å². The summed E-state index contributed by atoms with van der Waals surface area (Å²) in [7, 11) is 1.29. The monoisotopic (exact) mass is 392 g/mol. The Kier molecular flexibility index (Phi) is 10.7. The maximum absolute atomic E-state index is 11.9. The molecule has 1 aromatic rings. The molecule has 1 aromatic carbocycles. The SMILES string of the molecule is COC(=O)C=Cc1ccc(C(=O)OCCCCCCOC(=O)CC(=O)O)cc1. The predicted octanol–water partition coefficient (Wildman–Crippen LogP) is 2.61. The third kappa shape index (κ3) is 10.1. The number of esters is 3. The van der Waals surface area contributed by atoms with Gasteiger partial charge < -0.3 is 19.3 Å². The molecule has 0 aromatic heterocycles. The van der Waals surface area contributed by atoms with Crippen molar-refractivity contribution < 1.29 is 38.5 Å². The summed E-state index contributed by atoms with van der Waals surface area (Å²) in [6, 6.07) is 6.62. The van der Waals surface area contributed by atoms with E-state index in [4.69, 9.17) is 14.6 Å². The molecule has 0 fully saturated rings. The highest BCUT2D eigenvalue weighted by Crippen LogP contribution is 2.09. The first-order chi connectivity index (χ1) is 13.4. The average Bonchev–Trinajstić information content (AvgIpc) is 2.67. The molecule has 8 nitrogen and oxygen atoms in total. The van der Waals surface area contributed by atoms with Crippen LogP contribution in [0, 0.1) is 0 Å². The van der Waals surface area contributed by atoms with E-state index >= 15 is 0 Å². The Bertz CT molecular complexity index is 691. The van der Waals surface area contributed by atoms with E-state index in [-0.39, 0.29) is 13.2 Å². The fourth-order valence-electron chi connectivity index (χ4n) is 2.13. The number of rotatable bonds is 12. The maximum Gasteiger partial charge on any atom is 0.338 e. The summed E-state index contributed by atoms with van der Waals surface area (Å²) in [5.74, 6) is -2.83. The lowest BCUT2D eigenvalue weighted by Crippen LogP contribution is -2.11. The van der Waals surface area contributed by atoms with E-state index in [1.165, 1.54) is 13.2 Å². The number of ether oxygens (including phenoxy) is 3. The minimum Gasteiger partial charge on any atom is -0.481 e. The van der Waals surface area contributed by atoms with Gasteiger partial charge in [0.1, 0.15) is 6.42 Å². The van der Waals surface area contributed by atoms with Crippen LogP contribution in [0.25, 0.3) is 6.08 Å². The van der Waals surface area contributed by atoms with E-state index in [0.29, 0.717) is 18.4 Å². The summed E-state index contributed by atoms with van der Waals surface area (Å²) in [6.45, 7) is 0.463. The fraction of sp³-hybridized carbons (Fsp3) is 0.400. The lowest BCUT2D eigenvalue weighted by Gasteiger charge is -2.06. The lowest BCUT2D eigenvalue weighted by atomic mass is 10.1. The molecule has 0 atom stereocenters. The number of aliphatic carboxylic acids is 1. The average molecular weight is 392 g/mol. The Morgan fingerprint density at radius 2 is 1.54 bits per heavy atom. The molecule has 0 spiro atoms. The highest BCUT2D eigenvalue weighted by Gasteiger charge is 2.08. The van der Waals surface area contributed by atoms with Crippen LogP contribution in [0.5, 0.6) is 0 Å². The second-order valence-electron chi connectivity index (χ2n) is 5.82. The van der Waals surface area contributed by atoms with Gasteiger partial charge in [-0.2, -0.15) is 0 Å². The van der Waals surface area contributed by atoms with Gasteiger partial charge in [-0.3, -0.25) is 9.59 Å². The molecule has 8 heteroatoms. The molecule has 0 aliphatic heterocycles. The molecule has 0 aliphatic carbocycles. The van der Waals surface area contributed by atoms with Gasteiger partial charge in [-0.25, -0.2) is 9.59 Å². The van der Waals surface area contributed by atoms with Crippen LogP contribution in [-0.2, 0) is 28.6 Å². The van der Waals surface area contributed by atoms with E-state index in [9.17, 15) is 19.2 Å². The van der Waals surface area contributed by atoms with E-state index in [1.807, 2.05) is 0 Å². The minimum absolute atomic E-state index is 0.183. The molecule has 0 bridgehead atoms. The summed E-state index contributed by atoms with van der Waals surface area (Å²) >= 11 is 0. The van der Waals surface area contributed by atoms with Crippen molar-refractivity contribution in [2.45, 2.75) is 32.1 Å². The summed E-state index contributed by atoms with van der Waals surface area (Å²) < 4.78 is 14.5. The van der Waals surface area contributed by atoms with Crippen LogP contribution in [0.15, 0.2) is 30.3 Å². The quantitative estimate of drug-likeness (QED) is 0.190. The van der Waals surface area contributed by atoms with Crippen LogP contribution >= 0.6 is 0 Å². The summed E-state index contributed by atoms with van der Waals surface area (Å²) in [6.07, 6.45) is 5.12. The number of unbranched alkanes of at least 4 members (excludes halogenated alkanes) is 3. The maximum atomic E-state index is 11.9. The van der Waals surface area contributed by atoms with Crippen LogP contribution < -0.4 is 0 Å². The van der Waals surface area contributed by atoms with Gasteiger partial charge in [0.2, 0.25) is 0 Å². The molecule has 0 amide bonds. The second-order valence-corrected chi connectivity index (χ2v) is 5.82. The van der Waals surface area contributed by atoms with E-state index < -0.39 is 30.3 Å². The fourth-order valence-corrected chi connectivity index (χ4v) is 2.13. The molecule has 0 unspecified atom stereocenters. The summed E-state index contributed by atoms with van der Waals surface area (Å²) in [5, 5.41) is 8.42. The number of carboxylic acids is 1. The molecule has 0 saturated carbocycles. The molecule has 0 saturated heterocycles. The molecule has 0 aliphatic rings. The van der Waals surface area contributed by atoms with Crippen LogP contribution in [-0.4, -0.2) is 49.3 Å². The van der Waals surface area contributed by atoms with Gasteiger partial charge in [0.15, 0.2) is 0 Å². The van der Waals surface area contributed by atoms with Gasteiger partial charge >= 0.3 is 23.9 Å². The van der Waals surface area contributed by atoms with Crippen molar-refractivity contribution in [1.29, 1.82) is 0 Å². The number of carboxylic acid groups (broad SMARTS) is 1. The largest absolute Gasteiger partial charge is 0.481 e. The molecule has 1 N–H and O–H groups in total. The lowest BCUT2D eigenvalue weighted by molar-refractivity contribution is -0.151. The van der Waals surface area contributed by atoms with Crippen molar-refractivity contribution in [1.82, 2.24) is 0 Å². The first kappa shape index (κ1) is 22.9. The smallest absolute Gasteiger partial charge is 0.338 e. The van der Waals surface area contributed by atoms with Crippen molar-refractivity contribution in [3.05, 3.63) is 41.5 Å². The Balaban J connectivity index is 2.16. The van der Waals surface area contributed by atoms with Crippen LogP contribution in [0.3, 0.4) is 0 Å². The minimum atomic E-state index is -1.21. The predicted molar refractivity (Wildman–Crippen MR) is 99.5 cm³/mol. The van der Waals surface area contributed by atoms with Gasteiger partial charge in [-0.15, -0.1) is 0 Å².